The Balaban J connectivity index is 2.16. The number of aryl methyl sites for hydroxylation is 3. The standard InChI is InChI=1S/C17H16N2O/c1-10-5-4-6-13(7-10)14-9-15(20)16-11(2)8-12(3)18-17(16)19-14/h4-8H,9H2,1-3H3. The zero-order valence-corrected chi connectivity index (χ0v) is 11.9. The topological polar surface area (TPSA) is 42.3 Å². The van der Waals surface area contributed by atoms with E-state index in [4.69, 9.17) is 0 Å². The maximum Gasteiger partial charge on any atom is 0.172 e. The molecule has 0 saturated heterocycles. The van der Waals surface area contributed by atoms with Crippen molar-refractivity contribution < 1.29 is 4.79 Å². The fourth-order valence-corrected chi connectivity index (χ4v) is 2.64. The maximum atomic E-state index is 12.4. The molecule has 0 N–H and O–H groups in total. The predicted molar refractivity (Wildman–Crippen MR) is 80.0 cm³/mol. The van der Waals surface area contributed by atoms with Crippen molar-refractivity contribution in [3.05, 3.63) is 58.3 Å². The molecule has 0 spiro atoms. The van der Waals surface area contributed by atoms with Crippen LogP contribution in [0.5, 0.6) is 0 Å². The first-order valence-electron chi connectivity index (χ1n) is 6.70. The second kappa shape index (κ2) is 4.67. The molecule has 1 aromatic carbocycles. The van der Waals surface area contributed by atoms with Crippen LogP contribution in [0, 0.1) is 20.8 Å². The monoisotopic (exact) mass is 264 g/mol. The van der Waals surface area contributed by atoms with Crippen LogP contribution in [0.15, 0.2) is 35.3 Å². The summed E-state index contributed by atoms with van der Waals surface area (Å²) in [6.07, 6.45) is 0.349. The van der Waals surface area contributed by atoms with E-state index in [0.717, 1.165) is 28.1 Å². The fraction of sp³-hybridized carbons (Fsp3) is 0.235. The average Bonchev–Trinajstić information content (AvgIpc) is 2.37. The van der Waals surface area contributed by atoms with E-state index in [9.17, 15) is 4.79 Å². The van der Waals surface area contributed by atoms with Crippen LogP contribution in [0.1, 0.15) is 39.2 Å². The first-order chi connectivity index (χ1) is 9.54. The molecule has 0 amide bonds. The average molecular weight is 264 g/mol. The van der Waals surface area contributed by atoms with Crippen molar-refractivity contribution in [2.45, 2.75) is 27.2 Å². The SMILES string of the molecule is Cc1cccc(C2=Nc3nc(C)cc(C)c3C(=O)C2)c1. The minimum Gasteiger partial charge on any atom is -0.294 e. The summed E-state index contributed by atoms with van der Waals surface area (Å²) in [6, 6.07) is 10.0. The number of aromatic nitrogens is 1. The Morgan fingerprint density at radius 1 is 1.10 bits per heavy atom. The van der Waals surface area contributed by atoms with Gasteiger partial charge in [0.1, 0.15) is 0 Å². The molecule has 0 unspecified atom stereocenters. The zero-order valence-electron chi connectivity index (χ0n) is 11.9. The lowest BCUT2D eigenvalue weighted by Gasteiger charge is -2.16. The lowest BCUT2D eigenvalue weighted by Crippen LogP contribution is -2.16. The largest absolute Gasteiger partial charge is 0.294 e. The van der Waals surface area contributed by atoms with Gasteiger partial charge in [0.2, 0.25) is 0 Å². The van der Waals surface area contributed by atoms with Gasteiger partial charge in [-0.2, -0.15) is 0 Å². The first kappa shape index (κ1) is 12.7. The molecule has 1 aliphatic rings. The Labute approximate surface area is 118 Å². The normalized spacial score (nSPS) is 13.9. The number of benzene rings is 1. The Kier molecular flexibility index (Phi) is 2.97. The van der Waals surface area contributed by atoms with Crippen LogP contribution in [-0.2, 0) is 0 Å². The summed E-state index contributed by atoms with van der Waals surface area (Å²) in [5.41, 5.74) is 5.50. The van der Waals surface area contributed by atoms with E-state index in [1.165, 1.54) is 0 Å². The maximum absolute atomic E-state index is 12.4. The van der Waals surface area contributed by atoms with Gasteiger partial charge in [-0.3, -0.25) is 4.79 Å². The van der Waals surface area contributed by atoms with Gasteiger partial charge in [0.15, 0.2) is 11.6 Å². The highest BCUT2D eigenvalue weighted by Crippen LogP contribution is 2.29. The van der Waals surface area contributed by atoms with Gasteiger partial charge >= 0.3 is 0 Å². The lowest BCUT2D eigenvalue weighted by molar-refractivity contribution is 0.0999. The summed E-state index contributed by atoms with van der Waals surface area (Å²) < 4.78 is 0. The molecule has 1 aromatic heterocycles. The number of fused-ring (bicyclic) bond motifs is 1. The molecule has 0 bridgehead atoms. The van der Waals surface area contributed by atoms with Crippen LogP contribution in [0.25, 0.3) is 0 Å². The van der Waals surface area contributed by atoms with Crippen molar-refractivity contribution >= 4 is 17.3 Å². The molecule has 3 heteroatoms. The van der Waals surface area contributed by atoms with Crippen molar-refractivity contribution in [1.29, 1.82) is 0 Å². The Bertz CT molecular complexity index is 745. The number of rotatable bonds is 1. The summed E-state index contributed by atoms with van der Waals surface area (Å²) in [5, 5.41) is 0. The summed E-state index contributed by atoms with van der Waals surface area (Å²) in [7, 11) is 0. The van der Waals surface area contributed by atoms with Gasteiger partial charge < -0.3 is 0 Å². The van der Waals surface area contributed by atoms with Crippen LogP contribution in [0.2, 0.25) is 0 Å². The summed E-state index contributed by atoms with van der Waals surface area (Å²) in [5.74, 6) is 0.673. The number of hydrogen-bond acceptors (Lipinski definition) is 3. The summed E-state index contributed by atoms with van der Waals surface area (Å²) in [4.78, 5) is 21.4. The third-order valence-electron chi connectivity index (χ3n) is 3.52. The van der Waals surface area contributed by atoms with E-state index < -0.39 is 0 Å². The Hall–Kier alpha value is -2.29. The van der Waals surface area contributed by atoms with Gasteiger partial charge in [-0.1, -0.05) is 29.8 Å². The second-order valence-electron chi connectivity index (χ2n) is 5.31. The van der Waals surface area contributed by atoms with E-state index in [2.05, 4.69) is 16.0 Å². The van der Waals surface area contributed by atoms with Crippen LogP contribution >= 0.6 is 0 Å². The van der Waals surface area contributed by atoms with E-state index in [-0.39, 0.29) is 5.78 Å². The van der Waals surface area contributed by atoms with Crippen LogP contribution in [0.3, 0.4) is 0 Å². The molecule has 1 aliphatic heterocycles. The predicted octanol–water partition coefficient (Wildman–Crippen LogP) is 3.71. The molecule has 2 heterocycles. The Morgan fingerprint density at radius 2 is 1.90 bits per heavy atom. The highest BCUT2D eigenvalue weighted by atomic mass is 16.1. The van der Waals surface area contributed by atoms with Crippen molar-refractivity contribution in [2.24, 2.45) is 4.99 Å². The molecular weight excluding hydrogens is 248 g/mol. The van der Waals surface area contributed by atoms with Gasteiger partial charge in [-0.05, 0) is 38.0 Å². The first-order valence-corrected chi connectivity index (χ1v) is 6.70. The number of aliphatic imine (C=N–C) groups is 1. The minimum atomic E-state index is 0.108. The molecule has 0 saturated carbocycles. The van der Waals surface area contributed by atoms with Gasteiger partial charge in [0, 0.05) is 5.69 Å². The number of ketones is 1. The number of carbonyl (C=O) groups is 1. The van der Waals surface area contributed by atoms with Gasteiger partial charge in [-0.25, -0.2) is 9.98 Å². The molecule has 3 nitrogen and oxygen atoms in total. The summed E-state index contributed by atoms with van der Waals surface area (Å²) in [6.45, 7) is 5.90. The minimum absolute atomic E-state index is 0.108. The molecule has 2 aromatic rings. The van der Waals surface area contributed by atoms with E-state index in [0.29, 0.717) is 17.8 Å². The quantitative estimate of drug-likeness (QED) is 0.787. The number of nitrogens with zero attached hydrogens (tertiary/aromatic N) is 2. The highest BCUT2D eigenvalue weighted by molar-refractivity contribution is 6.20. The van der Waals surface area contributed by atoms with Crippen molar-refractivity contribution in [3.8, 4) is 0 Å². The van der Waals surface area contributed by atoms with Crippen molar-refractivity contribution in [1.82, 2.24) is 4.98 Å². The molecule has 0 aliphatic carbocycles. The van der Waals surface area contributed by atoms with E-state index in [1.54, 1.807) is 0 Å². The number of carbonyl (C=O) groups excluding carboxylic acids is 1. The smallest absolute Gasteiger partial charge is 0.172 e. The summed E-state index contributed by atoms with van der Waals surface area (Å²) >= 11 is 0. The van der Waals surface area contributed by atoms with Crippen LogP contribution in [-0.4, -0.2) is 16.5 Å². The molecule has 0 atom stereocenters. The fourth-order valence-electron chi connectivity index (χ4n) is 2.64. The molecule has 20 heavy (non-hydrogen) atoms. The number of Topliss-reactive ketones (excluding diaryl/α,β-unsaturated/α-hetero) is 1. The molecule has 0 radical (unpaired) electrons. The van der Waals surface area contributed by atoms with Gasteiger partial charge in [0.05, 0.1) is 17.7 Å². The number of hydrogen-bond donors (Lipinski definition) is 0. The van der Waals surface area contributed by atoms with Crippen molar-refractivity contribution in [3.63, 3.8) is 0 Å². The van der Waals surface area contributed by atoms with Crippen LogP contribution in [0.4, 0.5) is 5.82 Å². The van der Waals surface area contributed by atoms with E-state index in [1.807, 2.05) is 45.0 Å². The lowest BCUT2D eigenvalue weighted by atomic mass is 9.94. The highest BCUT2D eigenvalue weighted by Gasteiger charge is 2.24. The third-order valence-corrected chi connectivity index (χ3v) is 3.52. The van der Waals surface area contributed by atoms with Gasteiger partial charge in [-0.15, -0.1) is 0 Å². The Morgan fingerprint density at radius 3 is 2.65 bits per heavy atom. The third kappa shape index (κ3) is 2.16. The van der Waals surface area contributed by atoms with Crippen LogP contribution < -0.4 is 0 Å². The molecule has 100 valence electrons. The second-order valence-corrected chi connectivity index (χ2v) is 5.31. The molecule has 3 rings (SSSR count). The zero-order chi connectivity index (χ0) is 14.3. The molecular formula is C17H16N2O. The van der Waals surface area contributed by atoms with E-state index >= 15 is 0 Å². The number of pyridine rings is 1. The van der Waals surface area contributed by atoms with Crippen molar-refractivity contribution in [2.75, 3.05) is 0 Å². The van der Waals surface area contributed by atoms with Gasteiger partial charge in [0.25, 0.3) is 0 Å². The molecule has 0 fully saturated rings.